The molecule has 224 valence electrons. The van der Waals surface area contributed by atoms with Crippen molar-refractivity contribution in [3.63, 3.8) is 0 Å². The second-order valence-corrected chi connectivity index (χ2v) is 4.48. The molecule has 0 spiro atoms. The zero-order valence-electron chi connectivity index (χ0n) is 18.7. The number of hydrogen-bond donors (Lipinski definition) is 8. The smallest absolute Gasteiger partial charge is 0.543 e. The summed E-state index contributed by atoms with van der Waals surface area (Å²) < 4.78 is 0. The van der Waals surface area contributed by atoms with Crippen LogP contribution in [0.15, 0.2) is 0 Å². The Morgan fingerprint density at radius 1 is 0.385 bits per heavy atom. The summed E-state index contributed by atoms with van der Waals surface area (Å²) in [6.45, 7) is 0. The standard InChI is InChI=1S/4C2H2O4.2CH6N4S.2H2O.Zr/c4*3-1(4)2(5)6;2*2-4-1(6)5-3;;;/h4*(H,3,4)(H,5,6);2*2-3H2,(H2,4,5,6);2*1H2;/q;;;;;;;;+4/p-4. The van der Waals surface area contributed by atoms with Crippen molar-refractivity contribution < 1.29 is 140 Å². The van der Waals surface area contributed by atoms with Crippen LogP contribution in [0.3, 0.4) is 0 Å². The maximum absolute atomic E-state index is 8.93. The van der Waals surface area contributed by atoms with Crippen LogP contribution in [0.25, 0.3) is 0 Å². The van der Waals surface area contributed by atoms with E-state index in [1.165, 1.54) is 0 Å². The van der Waals surface area contributed by atoms with E-state index in [-0.39, 0.29) is 37.2 Å². The molecule has 0 aliphatic carbocycles. The van der Waals surface area contributed by atoms with E-state index in [2.05, 4.69) is 69.5 Å². The van der Waals surface area contributed by atoms with Crippen molar-refractivity contribution in [3.05, 3.63) is 0 Å². The summed E-state index contributed by atoms with van der Waals surface area (Å²) in [6, 6.07) is 0. The summed E-state index contributed by atoms with van der Waals surface area (Å²) in [4.78, 5) is 71.4. The van der Waals surface area contributed by atoms with Gasteiger partial charge in [0.1, 0.15) is 0 Å². The maximum atomic E-state index is 8.93. The van der Waals surface area contributed by atoms with E-state index in [9.17, 15) is 0 Å². The number of hydrogen-bond acceptors (Lipinski definition) is 18. The molecule has 0 heterocycles. The van der Waals surface area contributed by atoms with Gasteiger partial charge >= 0.3 is 26.2 Å². The van der Waals surface area contributed by atoms with Crippen LogP contribution in [0.2, 0.25) is 0 Å². The van der Waals surface area contributed by atoms with Gasteiger partial charge in [-0.1, -0.05) is 0 Å². The Kier molecular flexibility index (Phi) is 62.7. The van der Waals surface area contributed by atoms with Gasteiger partial charge in [0.15, 0.2) is 0 Å². The Labute approximate surface area is 243 Å². The summed E-state index contributed by atoms with van der Waals surface area (Å²) in [5, 5.41) is 72.3. The molecule has 39 heavy (non-hydrogen) atoms. The fourth-order valence-corrected chi connectivity index (χ4v) is 0.125. The number of quaternary nitrogens is 4. The van der Waals surface area contributed by atoms with Crippen LogP contribution < -0.4 is 85.9 Å². The molecule has 0 amide bonds. The van der Waals surface area contributed by atoms with Crippen molar-refractivity contribution in [1.82, 2.24) is 21.7 Å². The second-order valence-electron chi connectivity index (χ2n) is 3.67. The third kappa shape index (κ3) is 87.2. The molecular formula is C10H20N8O18S2Zr. The van der Waals surface area contributed by atoms with Gasteiger partial charge in [0.05, 0.1) is 47.8 Å². The van der Waals surface area contributed by atoms with Gasteiger partial charge in [-0.2, -0.15) is 0 Å². The molecule has 0 aromatic rings. The minimum Gasteiger partial charge on any atom is -0.543 e. The van der Waals surface area contributed by atoms with Gasteiger partial charge in [-0.3, -0.25) is 23.4 Å². The number of carboxylic acid groups (broad SMARTS) is 8. The van der Waals surface area contributed by atoms with E-state index in [0.717, 1.165) is 0 Å². The zero-order valence-corrected chi connectivity index (χ0v) is 22.8. The minimum absolute atomic E-state index is 0. The monoisotopic (exact) mass is 694 g/mol. The first-order chi connectivity index (χ1) is 16.2. The van der Waals surface area contributed by atoms with Gasteiger partial charge in [0.25, 0.3) is 10.2 Å². The number of rotatable bonds is 0. The van der Waals surface area contributed by atoms with E-state index in [4.69, 9.17) is 79.2 Å². The average Bonchev–Trinajstić information content (AvgIpc) is 2.79. The zero-order chi connectivity index (χ0) is 30.6. The number of aliphatic carboxylic acids is 8. The minimum atomic E-state index is -2.19. The van der Waals surface area contributed by atoms with Gasteiger partial charge in [-0.25, -0.2) is 21.7 Å². The van der Waals surface area contributed by atoms with Gasteiger partial charge in [-0.15, -0.1) is 0 Å². The van der Waals surface area contributed by atoms with Gasteiger partial charge in [-0.05, 0) is 24.4 Å². The molecule has 0 aromatic carbocycles. The SMILES string of the molecule is O.O.O=C([O-])C(=O)[O-].O=C([O-])C(=O)[O-].O=C([O-])C(=O)[O-].O=C([O-])C(=O)[O-].[NH3+]NC(=S)N[NH3+].[NH3+]NC(=S)N[NH3+].[Zr+4]. The first kappa shape index (κ1) is 59.7. The molecule has 26 nitrogen and oxygen atoms in total. The fourth-order valence-electron chi connectivity index (χ4n) is 0.125. The van der Waals surface area contributed by atoms with Gasteiger partial charge < -0.3 is 90.2 Å². The Balaban J connectivity index is -0.0000000390. The molecular weight excluding hydrogens is 676 g/mol. The van der Waals surface area contributed by atoms with Gasteiger partial charge in [0, 0.05) is 0 Å². The number of thiocarbonyl (C=S) groups is 2. The molecule has 0 unspecified atom stereocenters. The Hall–Kier alpha value is -4.22. The summed E-state index contributed by atoms with van der Waals surface area (Å²) in [6.07, 6.45) is 0. The van der Waals surface area contributed by atoms with Crippen LogP contribution in [0.4, 0.5) is 0 Å². The molecule has 0 rings (SSSR count). The summed E-state index contributed by atoms with van der Waals surface area (Å²) in [5.74, 6) is -4.43. The first-order valence-electron chi connectivity index (χ1n) is 7.09. The third-order valence-electron chi connectivity index (χ3n) is 1.31. The molecule has 0 aliphatic heterocycles. The summed E-state index contributed by atoms with van der Waals surface area (Å²) in [5.41, 5.74) is 9.69. The molecule has 20 N–H and O–H groups in total. The number of nitrogens with one attached hydrogen (secondary N) is 4. The van der Waals surface area contributed by atoms with E-state index in [1.807, 2.05) is 0 Å². The van der Waals surface area contributed by atoms with Crippen molar-refractivity contribution in [2.24, 2.45) is 0 Å². The molecule has 0 aromatic heterocycles. The molecule has 0 bridgehead atoms. The molecule has 0 aliphatic rings. The van der Waals surface area contributed by atoms with E-state index in [0.29, 0.717) is 10.2 Å². The Morgan fingerprint density at radius 2 is 0.462 bits per heavy atom. The summed E-state index contributed by atoms with van der Waals surface area (Å²) in [7, 11) is 0. The molecule has 0 atom stereocenters. The third-order valence-corrected chi connectivity index (χ3v) is 1.89. The van der Waals surface area contributed by atoms with Crippen molar-refractivity contribution in [3.8, 4) is 0 Å². The van der Waals surface area contributed by atoms with Crippen LogP contribution in [-0.4, -0.2) is 68.9 Å². The number of carbonyl (C=O) groups is 8. The quantitative estimate of drug-likeness (QED) is 0.0662. The van der Waals surface area contributed by atoms with Crippen LogP contribution in [0.5, 0.6) is 0 Å². The molecule has 0 fully saturated rings. The predicted molar refractivity (Wildman–Crippen MR) is 96.6 cm³/mol. The van der Waals surface area contributed by atoms with Crippen LogP contribution in [-0.2, 0) is 64.6 Å². The van der Waals surface area contributed by atoms with E-state index >= 15 is 0 Å². The van der Waals surface area contributed by atoms with Gasteiger partial charge in [0.2, 0.25) is 0 Å². The van der Waals surface area contributed by atoms with Crippen LogP contribution >= 0.6 is 24.4 Å². The van der Waals surface area contributed by atoms with E-state index < -0.39 is 47.8 Å². The van der Waals surface area contributed by atoms with Crippen LogP contribution in [0, 0.1) is 0 Å². The topological polar surface area (TPSA) is 543 Å². The molecule has 0 saturated heterocycles. The van der Waals surface area contributed by atoms with Crippen molar-refractivity contribution in [1.29, 1.82) is 0 Å². The predicted octanol–water partition coefficient (Wildman–Crippen LogP) is -22.2. The Bertz CT molecular complexity index is 628. The maximum Gasteiger partial charge on any atom is 4.00 e. The molecule has 0 radical (unpaired) electrons. The van der Waals surface area contributed by atoms with Crippen LogP contribution in [0.1, 0.15) is 0 Å². The van der Waals surface area contributed by atoms with E-state index in [1.54, 1.807) is 0 Å². The normalized spacial score (nSPS) is 6.67. The Morgan fingerprint density at radius 3 is 0.462 bits per heavy atom. The second kappa shape index (κ2) is 40.9. The molecule has 29 heteroatoms. The number of carboxylic acids is 8. The summed E-state index contributed by atoms with van der Waals surface area (Å²) >= 11 is 9.02. The largest absolute Gasteiger partial charge is 4.00 e. The average molecular weight is 696 g/mol. The van der Waals surface area contributed by atoms with Crippen molar-refractivity contribution in [2.45, 2.75) is 0 Å². The van der Waals surface area contributed by atoms with Crippen molar-refractivity contribution >= 4 is 82.4 Å². The number of carbonyl (C=O) groups excluding carboxylic acids is 8. The fraction of sp³-hybridized carbons (Fsp3) is 0. The molecule has 0 saturated carbocycles. The van der Waals surface area contributed by atoms with Crippen molar-refractivity contribution in [2.75, 3.05) is 0 Å². The first-order valence-corrected chi connectivity index (χ1v) is 7.90.